The third kappa shape index (κ3) is 4.54. The number of ether oxygens (including phenoxy) is 1. The SMILES string of the molecule is CC(C)CCNC(=O)c1ccc2c(c1)NC(=O)[C@@H](N1CCOCC1)S2. The summed E-state index contributed by atoms with van der Waals surface area (Å²) in [6.45, 7) is 7.76. The zero-order valence-corrected chi connectivity index (χ0v) is 15.5. The van der Waals surface area contributed by atoms with Gasteiger partial charge in [0, 0.05) is 30.1 Å². The number of thioether (sulfide) groups is 1. The van der Waals surface area contributed by atoms with Crippen LogP contribution in [0.5, 0.6) is 0 Å². The van der Waals surface area contributed by atoms with E-state index in [9.17, 15) is 9.59 Å². The summed E-state index contributed by atoms with van der Waals surface area (Å²) in [5.74, 6) is 0.423. The van der Waals surface area contributed by atoms with E-state index in [-0.39, 0.29) is 17.2 Å². The van der Waals surface area contributed by atoms with Gasteiger partial charge in [0.2, 0.25) is 0 Å². The molecule has 1 aromatic rings. The van der Waals surface area contributed by atoms with Crippen LogP contribution >= 0.6 is 11.8 Å². The van der Waals surface area contributed by atoms with Crippen LogP contribution in [-0.2, 0) is 9.53 Å². The van der Waals surface area contributed by atoms with E-state index in [0.717, 1.165) is 30.1 Å². The van der Waals surface area contributed by atoms with Crippen LogP contribution in [0, 0.1) is 5.92 Å². The number of anilines is 1. The average Bonchev–Trinajstić information content (AvgIpc) is 2.61. The maximum atomic E-state index is 12.5. The molecule has 1 aromatic carbocycles. The first kappa shape index (κ1) is 18.2. The fraction of sp³-hybridized carbons (Fsp3) is 0.556. The van der Waals surface area contributed by atoms with E-state index in [4.69, 9.17) is 4.74 Å². The first-order chi connectivity index (χ1) is 12.0. The highest BCUT2D eigenvalue weighted by molar-refractivity contribution is 8.00. The van der Waals surface area contributed by atoms with Gasteiger partial charge in [0.15, 0.2) is 0 Å². The Hall–Kier alpha value is -1.57. The molecule has 0 aromatic heterocycles. The predicted octanol–water partition coefficient (Wildman–Crippen LogP) is 2.17. The van der Waals surface area contributed by atoms with Crippen LogP contribution in [0.2, 0.25) is 0 Å². The van der Waals surface area contributed by atoms with Crippen LogP contribution in [0.4, 0.5) is 5.69 Å². The van der Waals surface area contributed by atoms with Gasteiger partial charge in [0.1, 0.15) is 5.37 Å². The van der Waals surface area contributed by atoms with Crippen molar-refractivity contribution in [3.05, 3.63) is 23.8 Å². The van der Waals surface area contributed by atoms with Gasteiger partial charge in [-0.1, -0.05) is 25.6 Å². The highest BCUT2D eigenvalue weighted by Gasteiger charge is 2.33. The Bertz CT molecular complexity index is 644. The lowest BCUT2D eigenvalue weighted by molar-refractivity contribution is -0.119. The molecular formula is C18H25N3O3S. The molecule has 0 unspecified atom stereocenters. The quantitative estimate of drug-likeness (QED) is 0.839. The Morgan fingerprint density at radius 3 is 2.88 bits per heavy atom. The Labute approximate surface area is 152 Å². The maximum absolute atomic E-state index is 12.5. The fourth-order valence-electron chi connectivity index (χ4n) is 2.87. The van der Waals surface area contributed by atoms with Gasteiger partial charge in [-0.15, -0.1) is 0 Å². The van der Waals surface area contributed by atoms with E-state index < -0.39 is 0 Å². The van der Waals surface area contributed by atoms with Gasteiger partial charge in [-0.2, -0.15) is 0 Å². The second-order valence-corrected chi connectivity index (χ2v) is 7.88. The molecule has 2 amide bonds. The van der Waals surface area contributed by atoms with Crippen molar-refractivity contribution in [3.63, 3.8) is 0 Å². The van der Waals surface area contributed by atoms with Crippen LogP contribution in [0.15, 0.2) is 23.1 Å². The summed E-state index contributed by atoms with van der Waals surface area (Å²) < 4.78 is 5.36. The Morgan fingerprint density at radius 1 is 1.40 bits per heavy atom. The van der Waals surface area contributed by atoms with Crippen molar-refractivity contribution in [2.45, 2.75) is 30.5 Å². The summed E-state index contributed by atoms with van der Waals surface area (Å²) in [4.78, 5) is 27.9. The largest absolute Gasteiger partial charge is 0.379 e. The lowest BCUT2D eigenvalue weighted by Crippen LogP contribution is -2.48. The number of hydrogen-bond acceptors (Lipinski definition) is 5. The molecule has 0 aliphatic carbocycles. The lowest BCUT2D eigenvalue weighted by Gasteiger charge is -2.35. The van der Waals surface area contributed by atoms with E-state index in [1.807, 2.05) is 12.1 Å². The number of benzene rings is 1. The molecule has 0 bridgehead atoms. The van der Waals surface area contributed by atoms with Crippen molar-refractivity contribution in [2.24, 2.45) is 5.92 Å². The smallest absolute Gasteiger partial charge is 0.252 e. The minimum Gasteiger partial charge on any atom is -0.379 e. The number of rotatable bonds is 5. The van der Waals surface area contributed by atoms with Crippen molar-refractivity contribution >= 4 is 29.3 Å². The lowest BCUT2D eigenvalue weighted by atomic mass is 10.1. The number of nitrogens with zero attached hydrogens (tertiary/aromatic N) is 1. The minimum absolute atomic E-state index is 0.0308. The average molecular weight is 363 g/mol. The van der Waals surface area contributed by atoms with Crippen molar-refractivity contribution < 1.29 is 14.3 Å². The summed E-state index contributed by atoms with van der Waals surface area (Å²) in [7, 11) is 0. The molecule has 1 saturated heterocycles. The summed E-state index contributed by atoms with van der Waals surface area (Å²) >= 11 is 1.54. The van der Waals surface area contributed by atoms with Crippen molar-refractivity contribution in [1.29, 1.82) is 0 Å². The van der Waals surface area contributed by atoms with Crippen molar-refractivity contribution in [2.75, 3.05) is 38.2 Å². The number of morpholine rings is 1. The van der Waals surface area contributed by atoms with Crippen LogP contribution in [0.3, 0.4) is 0 Å². The molecule has 25 heavy (non-hydrogen) atoms. The molecule has 136 valence electrons. The highest BCUT2D eigenvalue weighted by atomic mass is 32.2. The van der Waals surface area contributed by atoms with Gasteiger partial charge < -0.3 is 15.4 Å². The van der Waals surface area contributed by atoms with Crippen molar-refractivity contribution in [1.82, 2.24) is 10.2 Å². The standard InChI is InChI=1S/C18H25N3O3S/c1-12(2)5-6-19-16(22)13-3-4-15-14(11-13)20-17(23)18(25-15)21-7-9-24-10-8-21/h3-4,11-12,18H,5-10H2,1-2H3,(H,19,22)(H,20,23)/t18-/m0/s1. The van der Waals surface area contributed by atoms with Crippen LogP contribution in [-0.4, -0.2) is 54.9 Å². The topological polar surface area (TPSA) is 70.7 Å². The molecule has 2 N–H and O–H groups in total. The number of hydrogen-bond donors (Lipinski definition) is 2. The molecule has 0 saturated carbocycles. The van der Waals surface area contributed by atoms with Gasteiger partial charge in [0.25, 0.3) is 11.8 Å². The van der Waals surface area contributed by atoms with Gasteiger partial charge in [-0.3, -0.25) is 14.5 Å². The molecule has 1 fully saturated rings. The Kier molecular flexibility index (Phi) is 5.98. The predicted molar refractivity (Wildman–Crippen MR) is 98.9 cm³/mol. The van der Waals surface area contributed by atoms with Gasteiger partial charge >= 0.3 is 0 Å². The zero-order valence-electron chi connectivity index (χ0n) is 14.7. The molecule has 0 spiro atoms. The van der Waals surface area contributed by atoms with Crippen LogP contribution in [0.1, 0.15) is 30.6 Å². The normalized spacial score (nSPS) is 20.9. The number of carbonyl (C=O) groups excluding carboxylic acids is 2. The number of amides is 2. The Morgan fingerprint density at radius 2 is 2.16 bits per heavy atom. The van der Waals surface area contributed by atoms with Gasteiger partial charge in [-0.25, -0.2) is 0 Å². The third-order valence-corrected chi connectivity index (χ3v) is 5.69. The minimum atomic E-state index is -0.234. The first-order valence-electron chi connectivity index (χ1n) is 8.76. The molecular weight excluding hydrogens is 338 g/mol. The van der Waals surface area contributed by atoms with Crippen LogP contribution in [0.25, 0.3) is 0 Å². The number of carbonyl (C=O) groups is 2. The summed E-state index contributed by atoms with van der Waals surface area (Å²) in [5, 5.41) is 5.65. The summed E-state index contributed by atoms with van der Waals surface area (Å²) in [5.41, 5.74) is 1.30. The third-order valence-electron chi connectivity index (χ3n) is 4.35. The van der Waals surface area contributed by atoms with Crippen LogP contribution < -0.4 is 10.6 Å². The molecule has 0 radical (unpaired) electrons. The summed E-state index contributed by atoms with van der Waals surface area (Å²) in [6, 6.07) is 5.51. The molecule has 2 heterocycles. The van der Waals surface area contributed by atoms with E-state index in [1.54, 1.807) is 17.8 Å². The van der Waals surface area contributed by atoms with E-state index in [1.165, 1.54) is 0 Å². The van der Waals surface area contributed by atoms with Gasteiger partial charge in [0.05, 0.1) is 18.9 Å². The molecule has 2 aliphatic rings. The highest BCUT2D eigenvalue weighted by Crippen LogP contribution is 2.37. The Balaban J connectivity index is 1.66. The fourth-order valence-corrected chi connectivity index (χ4v) is 4.02. The van der Waals surface area contributed by atoms with E-state index in [0.29, 0.717) is 31.2 Å². The van der Waals surface area contributed by atoms with E-state index in [2.05, 4.69) is 29.4 Å². The van der Waals surface area contributed by atoms with E-state index >= 15 is 0 Å². The molecule has 3 rings (SSSR count). The van der Waals surface area contributed by atoms with Gasteiger partial charge in [-0.05, 0) is 30.5 Å². The molecule has 2 aliphatic heterocycles. The summed E-state index contributed by atoms with van der Waals surface area (Å²) in [6.07, 6.45) is 0.949. The maximum Gasteiger partial charge on any atom is 0.252 e. The second kappa shape index (κ2) is 8.21. The second-order valence-electron chi connectivity index (χ2n) is 6.76. The monoisotopic (exact) mass is 363 g/mol. The number of fused-ring (bicyclic) bond motifs is 1. The number of nitrogens with one attached hydrogen (secondary N) is 2. The molecule has 6 nitrogen and oxygen atoms in total. The molecule has 1 atom stereocenters. The first-order valence-corrected chi connectivity index (χ1v) is 9.64. The van der Waals surface area contributed by atoms with Crippen molar-refractivity contribution in [3.8, 4) is 0 Å². The molecule has 7 heteroatoms. The zero-order chi connectivity index (χ0) is 17.8.